The zero-order chi connectivity index (χ0) is 15.8. The summed E-state index contributed by atoms with van der Waals surface area (Å²) in [5, 5.41) is 2.99. The summed E-state index contributed by atoms with van der Waals surface area (Å²) in [5.74, 6) is 0.849. The number of nitrogens with one attached hydrogen (secondary N) is 1. The number of hydrogen-bond acceptors (Lipinski definition) is 3. The Balaban J connectivity index is 1.70. The minimum atomic E-state index is 0.0288. The monoisotopic (exact) mass is 303 g/mol. The lowest BCUT2D eigenvalue weighted by molar-refractivity contribution is 0.147. The largest absolute Gasteiger partial charge is 0.497 e. The first-order chi connectivity index (χ1) is 10.7. The van der Waals surface area contributed by atoms with Crippen molar-refractivity contribution in [3.8, 4) is 5.75 Å². The van der Waals surface area contributed by atoms with Crippen molar-refractivity contribution in [1.29, 1.82) is 0 Å². The zero-order valence-corrected chi connectivity index (χ0v) is 13.3. The number of piperazine rings is 1. The van der Waals surface area contributed by atoms with Crippen molar-refractivity contribution in [2.75, 3.05) is 46.4 Å². The SMILES string of the molecule is C=CCN1CCN(C(=O)NCCc2cccc(OC)c2)CC1. The maximum Gasteiger partial charge on any atom is 0.317 e. The molecule has 0 saturated carbocycles. The van der Waals surface area contributed by atoms with Gasteiger partial charge >= 0.3 is 6.03 Å². The van der Waals surface area contributed by atoms with E-state index < -0.39 is 0 Å². The summed E-state index contributed by atoms with van der Waals surface area (Å²) >= 11 is 0. The highest BCUT2D eigenvalue weighted by Gasteiger charge is 2.19. The van der Waals surface area contributed by atoms with Gasteiger partial charge in [-0.3, -0.25) is 4.90 Å². The minimum absolute atomic E-state index is 0.0288. The van der Waals surface area contributed by atoms with Crippen molar-refractivity contribution >= 4 is 6.03 Å². The summed E-state index contributed by atoms with van der Waals surface area (Å²) in [5.41, 5.74) is 1.16. The number of nitrogens with zero attached hydrogens (tertiary/aromatic N) is 2. The normalized spacial score (nSPS) is 15.4. The molecule has 1 aliphatic rings. The Bertz CT molecular complexity index is 496. The smallest absolute Gasteiger partial charge is 0.317 e. The van der Waals surface area contributed by atoms with Gasteiger partial charge < -0.3 is 15.0 Å². The molecule has 5 nitrogen and oxygen atoms in total. The van der Waals surface area contributed by atoms with Crippen LogP contribution >= 0.6 is 0 Å². The number of benzene rings is 1. The lowest BCUT2D eigenvalue weighted by Gasteiger charge is -2.34. The summed E-state index contributed by atoms with van der Waals surface area (Å²) in [6.45, 7) is 8.66. The van der Waals surface area contributed by atoms with Crippen LogP contribution < -0.4 is 10.1 Å². The molecule has 22 heavy (non-hydrogen) atoms. The van der Waals surface area contributed by atoms with Crippen LogP contribution in [0.5, 0.6) is 5.75 Å². The van der Waals surface area contributed by atoms with E-state index in [-0.39, 0.29) is 6.03 Å². The summed E-state index contributed by atoms with van der Waals surface area (Å²) in [7, 11) is 1.66. The van der Waals surface area contributed by atoms with Crippen LogP contribution in [0.3, 0.4) is 0 Å². The van der Waals surface area contributed by atoms with Crippen molar-refractivity contribution < 1.29 is 9.53 Å². The van der Waals surface area contributed by atoms with E-state index in [1.165, 1.54) is 0 Å². The highest BCUT2D eigenvalue weighted by Crippen LogP contribution is 2.12. The van der Waals surface area contributed by atoms with E-state index in [0.717, 1.165) is 50.5 Å². The first-order valence-corrected chi connectivity index (χ1v) is 7.72. The molecular weight excluding hydrogens is 278 g/mol. The van der Waals surface area contributed by atoms with Crippen molar-refractivity contribution in [3.63, 3.8) is 0 Å². The van der Waals surface area contributed by atoms with Gasteiger partial charge in [0.2, 0.25) is 0 Å². The van der Waals surface area contributed by atoms with Crippen LogP contribution in [0, 0.1) is 0 Å². The van der Waals surface area contributed by atoms with Crippen LogP contribution in [0.15, 0.2) is 36.9 Å². The number of ether oxygens (including phenoxy) is 1. The van der Waals surface area contributed by atoms with Crippen LogP contribution in [0.1, 0.15) is 5.56 Å². The lowest BCUT2D eigenvalue weighted by atomic mass is 10.1. The third kappa shape index (κ3) is 4.77. The molecule has 2 rings (SSSR count). The Morgan fingerprint density at radius 3 is 2.82 bits per heavy atom. The predicted octanol–water partition coefficient (Wildman–Crippen LogP) is 1.75. The van der Waals surface area contributed by atoms with Gasteiger partial charge in [0.1, 0.15) is 5.75 Å². The number of urea groups is 1. The summed E-state index contributed by atoms with van der Waals surface area (Å²) in [4.78, 5) is 16.3. The molecule has 5 heteroatoms. The fourth-order valence-corrected chi connectivity index (χ4v) is 2.57. The maximum atomic E-state index is 12.1. The quantitative estimate of drug-likeness (QED) is 0.814. The molecule has 0 aliphatic carbocycles. The molecular formula is C17H25N3O2. The van der Waals surface area contributed by atoms with Gasteiger partial charge in [0, 0.05) is 39.3 Å². The van der Waals surface area contributed by atoms with Gasteiger partial charge in [0.25, 0.3) is 0 Å². The topological polar surface area (TPSA) is 44.8 Å². The number of methoxy groups -OCH3 is 1. The molecule has 0 radical (unpaired) electrons. The van der Waals surface area contributed by atoms with Crippen molar-refractivity contribution in [1.82, 2.24) is 15.1 Å². The van der Waals surface area contributed by atoms with E-state index in [1.807, 2.05) is 35.2 Å². The second-order valence-corrected chi connectivity index (χ2v) is 5.41. The van der Waals surface area contributed by atoms with Gasteiger partial charge in [-0.25, -0.2) is 4.79 Å². The first kappa shape index (κ1) is 16.4. The maximum absolute atomic E-state index is 12.1. The molecule has 120 valence electrons. The fourth-order valence-electron chi connectivity index (χ4n) is 2.57. The summed E-state index contributed by atoms with van der Waals surface area (Å²) in [6, 6.07) is 7.96. The highest BCUT2D eigenvalue weighted by atomic mass is 16.5. The average Bonchev–Trinajstić information content (AvgIpc) is 2.56. The number of carbonyl (C=O) groups is 1. The molecule has 0 unspecified atom stereocenters. The Kier molecular flexibility index (Phi) is 6.27. The molecule has 1 aromatic rings. The molecule has 1 saturated heterocycles. The van der Waals surface area contributed by atoms with Crippen molar-refractivity contribution in [3.05, 3.63) is 42.5 Å². The molecule has 1 N–H and O–H groups in total. The van der Waals surface area contributed by atoms with E-state index in [1.54, 1.807) is 7.11 Å². The van der Waals surface area contributed by atoms with Crippen LogP contribution in [-0.4, -0.2) is 62.2 Å². The Hall–Kier alpha value is -2.01. The zero-order valence-electron chi connectivity index (χ0n) is 13.3. The van der Waals surface area contributed by atoms with E-state index in [0.29, 0.717) is 6.54 Å². The predicted molar refractivity (Wildman–Crippen MR) is 88.3 cm³/mol. The lowest BCUT2D eigenvalue weighted by Crippen LogP contribution is -2.51. The minimum Gasteiger partial charge on any atom is -0.497 e. The molecule has 1 heterocycles. The number of amides is 2. The summed E-state index contributed by atoms with van der Waals surface area (Å²) < 4.78 is 5.20. The van der Waals surface area contributed by atoms with E-state index in [4.69, 9.17) is 4.74 Å². The number of carbonyl (C=O) groups excluding carboxylic acids is 1. The second kappa shape index (κ2) is 8.44. The van der Waals surface area contributed by atoms with Gasteiger partial charge in [-0.05, 0) is 24.1 Å². The van der Waals surface area contributed by atoms with Gasteiger partial charge in [-0.15, -0.1) is 6.58 Å². The number of hydrogen-bond donors (Lipinski definition) is 1. The van der Waals surface area contributed by atoms with E-state index in [9.17, 15) is 4.79 Å². The Morgan fingerprint density at radius 1 is 1.36 bits per heavy atom. The molecule has 0 bridgehead atoms. The summed E-state index contributed by atoms with van der Waals surface area (Å²) in [6.07, 6.45) is 2.71. The number of rotatable bonds is 6. The molecule has 1 aromatic carbocycles. The molecule has 1 fully saturated rings. The van der Waals surface area contributed by atoms with Gasteiger partial charge in [0.05, 0.1) is 7.11 Å². The van der Waals surface area contributed by atoms with Crippen LogP contribution in [0.2, 0.25) is 0 Å². The van der Waals surface area contributed by atoms with Gasteiger partial charge in [-0.1, -0.05) is 18.2 Å². The Labute approximate surface area is 132 Å². The second-order valence-electron chi connectivity index (χ2n) is 5.41. The standard InChI is InChI=1S/C17H25N3O2/c1-3-9-19-10-12-20(13-11-19)17(21)18-8-7-15-5-4-6-16(14-15)22-2/h3-6,14H,1,7-13H2,2H3,(H,18,21). The molecule has 1 aliphatic heterocycles. The van der Waals surface area contributed by atoms with Crippen LogP contribution in [0.25, 0.3) is 0 Å². The molecule has 0 aromatic heterocycles. The van der Waals surface area contributed by atoms with Gasteiger partial charge in [-0.2, -0.15) is 0 Å². The molecule has 2 amide bonds. The first-order valence-electron chi connectivity index (χ1n) is 7.72. The van der Waals surface area contributed by atoms with Crippen LogP contribution in [0.4, 0.5) is 4.79 Å². The van der Waals surface area contributed by atoms with Crippen molar-refractivity contribution in [2.45, 2.75) is 6.42 Å². The van der Waals surface area contributed by atoms with Crippen LogP contribution in [-0.2, 0) is 6.42 Å². The third-order valence-electron chi connectivity index (χ3n) is 3.87. The third-order valence-corrected chi connectivity index (χ3v) is 3.87. The van der Waals surface area contributed by atoms with E-state index in [2.05, 4.69) is 16.8 Å². The molecule has 0 atom stereocenters. The Morgan fingerprint density at radius 2 is 2.14 bits per heavy atom. The van der Waals surface area contributed by atoms with E-state index >= 15 is 0 Å². The molecule has 0 spiro atoms. The van der Waals surface area contributed by atoms with Gasteiger partial charge in [0.15, 0.2) is 0 Å². The highest BCUT2D eigenvalue weighted by molar-refractivity contribution is 5.74. The average molecular weight is 303 g/mol. The fraction of sp³-hybridized carbons (Fsp3) is 0.471. The van der Waals surface area contributed by atoms with Crippen molar-refractivity contribution in [2.24, 2.45) is 0 Å².